The molecule has 0 N–H and O–H groups in total. The van der Waals surface area contributed by atoms with Crippen LogP contribution in [0, 0.1) is 5.82 Å². The number of hydrogen-bond acceptors (Lipinski definition) is 4. The van der Waals surface area contributed by atoms with Crippen LogP contribution in [0.1, 0.15) is 12.5 Å². The van der Waals surface area contributed by atoms with E-state index in [9.17, 15) is 9.18 Å². The van der Waals surface area contributed by atoms with Gasteiger partial charge in [0.05, 0.1) is 6.61 Å². The van der Waals surface area contributed by atoms with E-state index in [0.717, 1.165) is 5.56 Å². The molecule has 1 aromatic carbocycles. The summed E-state index contributed by atoms with van der Waals surface area (Å²) in [6.07, 6.45) is 0.405. The quantitative estimate of drug-likeness (QED) is 0.507. The van der Waals surface area contributed by atoms with Crippen LogP contribution in [-0.2, 0) is 16.0 Å². The van der Waals surface area contributed by atoms with Gasteiger partial charge < -0.3 is 4.74 Å². The van der Waals surface area contributed by atoms with Gasteiger partial charge in [0.25, 0.3) is 0 Å². The summed E-state index contributed by atoms with van der Waals surface area (Å²) < 4.78 is 17.5. The van der Waals surface area contributed by atoms with Gasteiger partial charge in [-0.1, -0.05) is 24.4 Å². The van der Waals surface area contributed by atoms with E-state index >= 15 is 0 Å². The topological polar surface area (TPSA) is 26.3 Å². The minimum Gasteiger partial charge on any atom is -0.465 e. The molecule has 1 unspecified atom stereocenters. The molecule has 92 valence electrons. The largest absolute Gasteiger partial charge is 0.465 e. The van der Waals surface area contributed by atoms with E-state index in [2.05, 4.69) is 12.6 Å². The molecule has 0 saturated carbocycles. The second-order valence-electron chi connectivity index (χ2n) is 3.42. The number of ether oxygens (including phenoxy) is 1. The van der Waals surface area contributed by atoms with E-state index in [0.29, 0.717) is 17.9 Å². The predicted molar refractivity (Wildman–Crippen MR) is 72.1 cm³/mol. The number of rotatable bonds is 5. The van der Waals surface area contributed by atoms with Crippen molar-refractivity contribution in [3.8, 4) is 0 Å². The summed E-state index contributed by atoms with van der Waals surface area (Å²) in [7, 11) is 0. The smallest absolute Gasteiger partial charge is 0.323 e. The number of esters is 1. The SMILES string of the molecule is CCOC(=O)C(S)C(=S)Cc1ccc(F)cc1. The van der Waals surface area contributed by atoms with Gasteiger partial charge in [-0.05, 0) is 24.6 Å². The van der Waals surface area contributed by atoms with Crippen molar-refractivity contribution in [3.05, 3.63) is 35.6 Å². The Bertz CT molecular complexity index is 403. The fraction of sp³-hybridized carbons (Fsp3) is 0.333. The van der Waals surface area contributed by atoms with E-state index in [-0.39, 0.29) is 5.82 Å². The van der Waals surface area contributed by atoms with Crippen LogP contribution in [0.4, 0.5) is 4.39 Å². The monoisotopic (exact) mass is 272 g/mol. The van der Waals surface area contributed by atoms with Crippen molar-refractivity contribution in [2.75, 3.05) is 6.61 Å². The highest BCUT2D eigenvalue weighted by atomic mass is 32.1. The van der Waals surface area contributed by atoms with E-state index in [1.807, 2.05) is 0 Å². The van der Waals surface area contributed by atoms with Crippen LogP contribution in [0.2, 0.25) is 0 Å². The van der Waals surface area contributed by atoms with Gasteiger partial charge >= 0.3 is 5.97 Å². The van der Waals surface area contributed by atoms with E-state index in [1.54, 1.807) is 19.1 Å². The van der Waals surface area contributed by atoms with Gasteiger partial charge in [0.2, 0.25) is 0 Å². The lowest BCUT2D eigenvalue weighted by Crippen LogP contribution is -2.27. The molecule has 0 aromatic heterocycles. The zero-order valence-corrected chi connectivity index (χ0v) is 11.1. The molecule has 2 nitrogen and oxygen atoms in total. The van der Waals surface area contributed by atoms with Crippen molar-refractivity contribution in [2.24, 2.45) is 0 Å². The molecule has 0 aliphatic rings. The Kier molecular flexibility index (Phi) is 5.58. The molecule has 0 amide bonds. The number of carbonyl (C=O) groups is 1. The first-order valence-electron chi connectivity index (χ1n) is 5.16. The summed E-state index contributed by atoms with van der Waals surface area (Å²) in [5, 5.41) is -0.713. The summed E-state index contributed by atoms with van der Waals surface area (Å²) in [4.78, 5) is 11.9. The highest BCUT2D eigenvalue weighted by molar-refractivity contribution is 7.87. The lowest BCUT2D eigenvalue weighted by atomic mass is 10.1. The number of thiol groups is 1. The van der Waals surface area contributed by atoms with Gasteiger partial charge in [-0.3, -0.25) is 4.79 Å². The molecule has 0 fully saturated rings. The third-order valence-corrected chi connectivity index (χ3v) is 3.18. The second-order valence-corrected chi connectivity index (χ2v) is 4.46. The third kappa shape index (κ3) is 4.44. The molecule has 0 bridgehead atoms. The van der Waals surface area contributed by atoms with Gasteiger partial charge in [-0.15, -0.1) is 0 Å². The first-order chi connectivity index (χ1) is 8.04. The van der Waals surface area contributed by atoms with Crippen LogP contribution in [-0.4, -0.2) is 22.7 Å². The number of benzene rings is 1. The van der Waals surface area contributed by atoms with Gasteiger partial charge in [-0.2, -0.15) is 12.6 Å². The molecular weight excluding hydrogens is 259 g/mol. The van der Waals surface area contributed by atoms with Crippen LogP contribution in [0.5, 0.6) is 0 Å². The fourth-order valence-corrected chi connectivity index (χ4v) is 1.68. The summed E-state index contributed by atoms with van der Waals surface area (Å²) in [5.74, 6) is -0.740. The summed E-state index contributed by atoms with van der Waals surface area (Å²) in [6.45, 7) is 2.02. The van der Waals surface area contributed by atoms with Gasteiger partial charge in [0.1, 0.15) is 11.1 Å². The van der Waals surface area contributed by atoms with E-state index < -0.39 is 11.2 Å². The van der Waals surface area contributed by atoms with E-state index in [1.165, 1.54) is 12.1 Å². The third-order valence-electron chi connectivity index (χ3n) is 2.11. The Labute approximate surface area is 111 Å². The van der Waals surface area contributed by atoms with Crippen LogP contribution in [0.3, 0.4) is 0 Å². The molecule has 17 heavy (non-hydrogen) atoms. The number of hydrogen-bond donors (Lipinski definition) is 1. The molecule has 5 heteroatoms. The summed E-state index contributed by atoms with van der Waals surface area (Å²) >= 11 is 9.23. The molecule has 1 aromatic rings. The molecule has 0 saturated heterocycles. The number of thiocarbonyl (C=S) groups is 1. The Morgan fingerprint density at radius 3 is 2.59 bits per heavy atom. The first-order valence-corrected chi connectivity index (χ1v) is 6.09. The fourth-order valence-electron chi connectivity index (χ4n) is 1.25. The first kappa shape index (κ1) is 14.1. The Morgan fingerprint density at radius 2 is 2.06 bits per heavy atom. The predicted octanol–water partition coefficient (Wildman–Crippen LogP) is 2.60. The van der Waals surface area contributed by atoms with Crippen molar-refractivity contribution in [3.63, 3.8) is 0 Å². The van der Waals surface area contributed by atoms with Crippen LogP contribution in [0.15, 0.2) is 24.3 Å². The Balaban J connectivity index is 2.59. The maximum absolute atomic E-state index is 12.7. The minimum absolute atomic E-state index is 0.299. The molecule has 0 spiro atoms. The maximum Gasteiger partial charge on any atom is 0.323 e. The molecule has 0 aliphatic heterocycles. The van der Waals surface area contributed by atoms with Crippen molar-refractivity contribution in [1.82, 2.24) is 0 Å². The second kappa shape index (κ2) is 6.71. The van der Waals surface area contributed by atoms with Crippen LogP contribution in [0.25, 0.3) is 0 Å². The van der Waals surface area contributed by atoms with Gasteiger partial charge in [0, 0.05) is 11.3 Å². The molecule has 1 atom stereocenters. The van der Waals surface area contributed by atoms with Crippen molar-refractivity contribution < 1.29 is 13.9 Å². The van der Waals surface area contributed by atoms with Crippen LogP contribution < -0.4 is 0 Å². The van der Waals surface area contributed by atoms with Crippen molar-refractivity contribution in [2.45, 2.75) is 18.6 Å². The maximum atomic E-state index is 12.7. The molecule has 0 radical (unpaired) electrons. The summed E-state index contributed by atoms with van der Waals surface area (Å²) in [5.41, 5.74) is 0.847. The summed E-state index contributed by atoms with van der Waals surface area (Å²) in [6, 6.07) is 5.98. The number of carbonyl (C=O) groups excluding carboxylic acids is 1. The van der Waals surface area contributed by atoms with Gasteiger partial charge in [0.15, 0.2) is 0 Å². The average molecular weight is 272 g/mol. The van der Waals surface area contributed by atoms with Crippen molar-refractivity contribution in [1.29, 1.82) is 0 Å². The standard InChI is InChI=1S/C12H13FO2S2/c1-2-15-12(14)11(17)10(16)7-8-3-5-9(13)6-4-8/h3-6,11,17H,2,7H2,1H3. The zero-order chi connectivity index (χ0) is 12.8. The lowest BCUT2D eigenvalue weighted by molar-refractivity contribution is -0.141. The Hall–Kier alpha value is -0.940. The molecular formula is C12H13FO2S2. The zero-order valence-electron chi connectivity index (χ0n) is 9.35. The normalized spacial score (nSPS) is 11.9. The van der Waals surface area contributed by atoms with Gasteiger partial charge in [-0.25, -0.2) is 4.39 Å². The molecule has 0 heterocycles. The molecule has 1 rings (SSSR count). The van der Waals surface area contributed by atoms with Crippen molar-refractivity contribution >= 4 is 35.7 Å². The lowest BCUT2D eigenvalue weighted by Gasteiger charge is -2.11. The molecule has 0 aliphatic carbocycles. The minimum atomic E-state index is -0.713. The highest BCUT2D eigenvalue weighted by Gasteiger charge is 2.20. The average Bonchev–Trinajstić information content (AvgIpc) is 2.31. The van der Waals surface area contributed by atoms with Crippen LogP contribution >= 0.6 is 24.8 Å². The number of halogens is 1. The Morgan fingerprint density at radius 1 is 1.47 bits per heavy atom. The highest BCUT2D eigenvalue weighted by Crippen LogP contribution is 2.10. The van der Waals surface area contributed by atoms with E-state index in [4.69, 9.17) is 17.0 Å².